The Balaban J connectivity index is 1.96. The summed E-state index contributed by atoms with van der Waals surface area (Å²) in [7, 11) is 0. The van der Waals surface area contributed by atoms with E-state index in [1.54, 1.807) is 0 Å². The van der Waals surface area contributed by atoms with Crippen molar-refractivity contribution in [2.45, 2.75) is 20.3 Å². The molecule has 92 valence electrons. The van der Waals surface area contributed by atoms with Crippen LogP contribution in [-0.4, -0.2) is 4.99 Å². The fourth-order valence-corrected chi connectivity index (χ4v) is 2.02. The van der Waals surface area contributed by atoms with Gasteiger partial charge in [-0.05, 0) is 31.5 Å². The van der Waals surface area contributed by atoms with E-state index in [1.807, 2.05) is 0 Å². The Hall–Kier alpha value is -1.67. The molecule has 0 saturated heterocycles. The summed E-state index contributed by atoms with van der Waals surface area (Å²) in [6.45, 7) is 4.17. The second-order valence-electron chi connectivity index (χ2n) is 4.58. The molecule has 1 N–H and O–H groups in total. The molecule has 2 rings (SSSR count). The smallest absolute Gasteiger partial charge is 0.0841 e. The van der Waals surface area contributed by atoms with E-state index in [0.717, 1.165) is 17.1 Å². The molecule has 0 bridgehead atoms. The molecule has 0 fully saturated rings. The number of aryl methyl sites for hydroxylation is 2. The van der Waals surface area contributed by atoms with Gasteiger partial charge in [-0.25, -0.2) is 0 Å². The molecule has 0 amide bonds. The Bertz CT molecular complexity index is 477. The highest BCUT2D eigenvalue weighted by Crippen LogP contribution is 2.11. The predicted molar refractivity (Wildman–Crippen MR) is 82.3 cm³/mol. The van der Waals surface area contributed by atoms with Crippen LogP contribution in [-0.2, 0) is 6.42 Å². The molecule has 0 heterocycles. The quantitative estimate of drug-likeness (QED) is 0.821. The molecule has 0 radical (unpaired) electrons. The zero-order valence-corrected chi connectivity index (χ0v) is 11.6. The van der Waals surface area contributed by atoms with E-state index >= 15 is 0 Å². The number of hydrogen-bond acceptors (Lipinski definition) is 1. The van der Waals surface area contributed by atoms with Crippen LogP contribution in [0.1, 0.15) is 16.7 Å². The maximum atomic E-state index is 5.37. The SMILES string of the molecule is Cc1ccc(CC(=S)Nc2ccc(C)cc2)cc1. The average Bonchev–Trinajstić information content (AvgIpc) is 2.35. The van der Waals surface area contributed by atoms with E-state index in [0.29, 0.717) is 0 Å². The second-order valence-corrected chi connectivity index (χ2v) is 5.07. The zero-order valence-electron chi connectivity index (χ0n) is 10.7. The molecular formula is C16H17NS. The molecule has 2 aromatic carbocycles. The van der Waals surface area contributed by atoms with E-state index in [9.17, 15) is 0 Å². The van der Waals surface area contributed by atoms with Crippen molar-refractivity contribution in [1.82, 2.24) is 0 Å². The van der Waals surface area contributed by atoms with Crippen LogP contribution in [0.2, 0.25) is 0 Å². The first kappa shape index (κ1) is 12.8. The molecule has 0 aliphatic carbocycles. The Morgan fingerprint density at radius 1 is 0.889 bits per heavy atom. The Morgan fingerprint density at radius 2 is 1.39 bits per heavy atom. The van der Waals surface area contributed by atoms with Crippen molar-refractivity contribution in [3.63, 3.8) is 0 Å². The number of nitrogens with one attached hydrogen (secondary N) is 1. The third kappa shape index (κ3) is 3.67. The summed E-state index contributed by atoms with van der Waals surface area (Å²) < 4.78 is 0. The standard InChI is InChI=1S/C16H17NS/c1-12-3-7-14(8-4-12)11-16(18)17-15-9-5-13(2)6-10-15/h3-10H,11H2,1-2H3,(H,17,18). The summed E-state index contributed by atoms with van der Waals surface area (Å²) in [4.78, 5) is 0.850. The van der Waals surface area contributed by atoms with E-state index in [2.05, 4.69) is 67.7 Å². The van der Waals surface area contributed by atoms with Crippen LogP contribution in [0.4, 0.5) is 5.69 Å². The summed E-state index contributed by atoms with van der Waals surface area (Å²) >= 11 is 5.37. The van der Waals surface area contributed by atoms with Gasteiger partial charge in [0.25, 0.3) is 0 Å². The molecule has 2 heteroatoms. The maximum absolute atomic E-state index is 5.37. The van der Waals surface area contributed by atoms with Gasteiger partial charge in [0.05, 0.1) is 4.99 Å². The molecule has 0 aliphatic rings. The highest BCUT2D eigenvalue weighted by Gasteiger charge is 2.00. The summed E-state index contributed by atoms with van der Waals surface area (Å²) in [5, 5.41) is 3.26. The molecule has 0 aromatic heterocycles. The third-order valence-electron chi connectivity index (χ3n) is 2.82. The first-order valence-corrected chi connectivity index (χ1v) is 6.46. The van der Waals surface area contributed by atoms with Crippen LogP contribution in [0.5, 0.6) is 0 Å². The minimum atomic E-state index is 0.781. The van der Waals surface area contributed by atoms with Gasteiger partial charge in [-0.1, -0.05) is 59.7 Å². The predicted octanol–water partition coefficient (Wildman–Crippen LogP) is 4.29. The zero-order chi connectivity index (χ0) is 13.0. The molecular weight excluding hydrogens is 238 g/mol. The minimum absolute atomic E-state index is 0.781. The summed E-state index contributed by atoms with van der Waals surface area (Å²) in [5.41, 5.74) is 4.82. The van der Waals surface area contributed by atoms with Crippen molar-refractivity contribution >= 4 is 22.9 Å². The summed E-state index contributed by atoms with van der Waals surface area (Å²) in [6, 6.07) is 16.7. The first-order valence-electron chi connectivity index (χ1n) is 6.05. The average molecular weight is 255 g/mol. The number of hydrogen-bond donors (Lipinski definition) is 1. The number of benzene rings is 2. The van der Waals surface area contributed by atoms with Crippen molar-refractivity contribution < 1.29 is 0 Å². The number of anilines is 1. The highest BCUT2D eigenvalue weighted by molar-refractivity contribution is 7.80. The lowest BCUT2D eigenvalue weighted by Gasteiger charge is -2.08. The monoisotopic (exact) mass is 255 g/mol. The van der Waals surface area contributed by atoms with Gasteiger partial charge in [-0.15, -0.1) is 0 Å². The molecule has 0 spiro atoms. The fraction of sp³-hybridized carbons (Fsp3) is 0.188. The summed E-state index contributed by atoms with van der Waals surface area (Å²) in [6.07, 6.45) is 0.781. The van der Waals surface area contributed by atoms with Gasteiger partial charge in [0.1, 0.15) is 0 Å². The second kappa shape index (κ2) is 5.78. The molecule has 18 heavy (non-hydrogen) atoms. The van der Waals surface area contributed by atoms with Crippen LogP contribution in [0, 0.1) is 13.8 Å². The molecule has 0 unspecified atom stereocenters. The van der Waals surface area contributed by atoms with Crippen molar-refractivity contribution in [2.75, 3.05) is 5.32 Å². The van der Waals surface area contributed by atoms with Crippen LogP contribution < -0.4 is 5.32 Å². The normalized spacial score (nSPS) is 10.1. The van der Waals surface area contributed by atoms with Gasteiger partial charge in [0.15, 0.2) is 0 Å². The first-order chi connectivity index (χ1) is 8.63. The molecule has 0 saturated carbocycles. The van der Waals surface area contributed by atoms with Crippen LogP contribution in [0.15, 0.2) is 48.5 Å². The topological polar surface area (TPSA) is 12.0 Å². The Labute approximate surface area is 114 Å². The van der Waals surface area contributed by atoms with Gasteiger partial charge in [-0.2, -0.15) is 0 Å². The van der Waals surface area contributed by atoms with Gasteiger partial charge >= 0.3 is 0 Å². The van der Waals surface area contributed by atoms with Gasteiger partial charge in [-0.3, -0.25) is 0 Å². The minimum Gasteiger partial charge on any atom is -0.350 e. The fourth-order valence-electron chi connectivity index (χ4n) is 1.73. The van der Waals surface area contributed by atoms with Crippen LogP contribution in [0.3, 0.4) is 0 Å². The van der Waals surface area contributed by atoms with Crippen molar-refractivity contribution in [2.24, 2.45) is 0 Å². The van der Waals surface area contributed by atoms with Crippen LogP contribution in [0.25, 0.3) is 0 Å². The van der Waals surface area contributed by atoms with Crippen molar-refractivity contribution in [3.8, 4) is 0 Å². The molecule has 2 aromatic rings. The van der Waals surface area contributed by atoms with E-state index in [4.69, 9.17) is 12.2 Å². The Morgan fingerprint density at radius 3 is 1.94 bits per heavy atom. The van der Waals surface area contributed by atoms with E-state index in [1.165, 1.54) is 16.7 Å². The van der Waals surface area contributed by atoms with E-state index in [-0.39, 0.29) is 0 Å². The summed E-state index contributed by atoms with van der Waals surface area (Å²) in [5.74, 6) is 0. The molecule has 0 aliphatic heterocycles. The van der Waals surface area contributed by atoms with Crippen molar-refractivity contribution in [3.05, 3.63) is 65.2 Å². The molecule has 1 nitrogen and oxygen atoms in total. The number of thiocarbonyl (C=S) groups is 1. The van der Waals surface area contributed by atoms with Gasteiger partial charge in [0, 0.05) is 12.1 Å². The highest BCUT2D eigenvalue weighted by atomic mass is 32.1. The van der Waals surface area contributed by atoms with Crippen molar-refractivity contribution in [1.29, 1.82) is 0 Å². The molecule has 0 atom stereocenters. The van der Waals surface area contributed by atoms with Gasteiger partial charge in [0.2, 0.25) is 0 Å². The van der Waals surface area contributed by atoms with Gasteiger partial charge < -0.3 is 5.32 Å². The lowest BCUT2D eigenvalue weighted by atomic mass is 10.1. The Kier molecular flexibility index (Phi) is 4.11. The largest absolute Gasteiger partial charge is 0.350 e. The van der Waals surface area contributed by atoms with Crippen LogP contribution >= 0.6 is 12.2 Å². The number of rotatable bonds is 3. The third-order valence-corrected chi connectivity index (χ3v) is 3.07. The lowest BCUT2D eigenvalue weighted by molar-refractivity contribution is 1.31. The maximum Gasteiger partial charge on any atom is 0.0841 e. The lowest BCUT2D eigenvalue weighted by Crippen LogP contribution is -2.11. The van der Waals surface area contributed by atoms with E-state index < -0.39 is 0 Å².